The van der Waals surface area contributed by atoms with E-state index < -0.39 is 5.82 Å². The van der Waals surface area contributed by atoms with Crippen LogP contribution in [0.25, 0.3) is 11.4 Å². The van der Waals surface area contributed by atoms with E-state index in [9.17, 15) is 4.39 Å². The van der Waals surface area contributed by atoms with Gasteiger partial charge in [0.1, 0.15) is 5.82 Å². The van der Waals surface area contributed by atoms with Crippen LogP contribution in [0.4, 0.5) is 10.2 Å². The smallest absolute Gasteiger partial charge is 0.164 e. The van der Waals surface area contributed by atoms with Crippen LogP contribution in [0.1, 0.15) is 24.5 Å². The predicted molar refractivity (Wildman–Crippen MR) is 81.7 cm³/mol. The quantitative estimate of drug-likeness (QED) is 0.872. The van der Waals surface area contributed by atoms with Crippen molar-refractivity contribution in [3.05, 3.63) is 39.2 Å². The minimum Gasteiger partial charge on any atom is -0.372 e. The Balaban J connectivity index is 2.18. The zero-order valence-corrected chi connectivity index (χ0v) is 13.1. The number of benzene rings is 1. The Hall–Kier alpha value is -1.20. The number of rotatable bonds is 3. The van der Waals surface area contributed by atoms with Gasteiger partial charge in [-0.05, 0) is 40.9 Å². The van der Waals surface area contributed by atoms with Gasteiger partial charge in [0.15, 0.2) is 11.6 Å². The molecule has 1 N–H and O–H groups in total. The van der Waals surface area contributed by atoms with Crippen LogP contribution in [0.2, 0.25) is 5.02 Å². The number of hydrogen-bond donors (Lipinski definition) is 1. The summed E-state index contributed by atoms with van der Waals surface area (Å²) in [5.74, 6) is 0.969. The van der Waals surface area contributed by atoms with Gasteiger partial charge in [0.05, 0.1) is 20.8 Å². The van der Waals surface area contributed by atoms with Crippen molar-refractivity contribution < 1.29 is 4.39 Å². The maximum Gasteiger partial charge on any atom is 0.164 e. The molecular weight excluding hydrogens is 345 g/mol. The van der Waals surface area contributed by atoms with Gasteiger partial charge in [-0.2, -0.15) is 0 Å². The van der Waals surface area contributed by atoms with Crippen molar-refractivity contribution in [2.45, 2.75) is 18.8 Å². The lowest BCUT2D eigenvalue weighted by atomic mass is 10.2. The second-order valence-electron chi connectivity index (χ2n) is 4.72. The van der Waals surface area contributed by atoms with Crippen LogP contribution >= 0.6 is 27.5 Å². The van der Waals surface area contributed by atoms with E-state index in [1.165, 1.54) is 6.07 Å². The number of anilines is 1. The Morgan fingerprint density at radius 2 is 2.10 bits per heavy atom. The second kappa shape index (κ2) is 5.30. The number of hydrogen-bond acceptors (Lipinski definition) is 3. The summed E-state index contributed by atoms with van der Waals surface area (Å²) in [5.41, 5.74) is 1.25. The lowest BCUT2D eigenvalue weighted by Gasteiger charge is -2.11. The summed E-state index contributed by atoms with van der Waals surface area (Å²) in [5, 5.41) is 3.09. The molecule has 1 heterocycles. The molecule has 1 aromatic carbocycles. The van der Waals surface area contributed by atoms with E-state index in [0.29, 0.717) is 23.1 Å². The predicted octanol–water partition coefficient (Wildman–Crippen LogP) is 4.62. The second-order valence-corrected chi connectivity index (χ2v) is 5.92. The van der Waals surface area contributed by atoms with E-state index in [2.05, 4.69) is 31.2 Å². The summed E-state index contributed by atoms with van der Waals surface area (Å²) in [6.45, 7) is 0. The summed E-state index contributed by atoms with van der Waals surface area (Å²) in [6, 6.07) is 4.85. The van der Waals surface area contributed by atoms with Crippen LogP contribution in [0.5, 0.6) is 0 Å². The molecule has 1 aliphatic rings. The molecule has 1 aromatic heterocycles. The Morgan fingerprint density at radius 3 is 2.75 bits per heavy atom. The monoisotopic (exact) mass is 355 g/mol. The van der Waals surface area contributed by atoms with Gasteiger partial charge in [-0.15, -0.1) is 0 Å². The van der Waals surface area contributed by atoms with Crippen molar-refractivity contribution in [1.82, 2.24) is 9.97 Å². The highest BCUT2D eigenvalue weighted by Crippen LogP contribution is 2.44. The first-order valence-electron chi connectivity index (χ1n) is 6.31. The maximum atomic E-state index is 14.1. The van der Waals surface area contributed by atoms with Crippen molar-refractivity contribution in [3.8, 4) is 11.4 Å². The maximum absolute atomic E-state index is 14.1. The standard InChI is InChI=1S/C14H12BrClFN3/c1-18-14-10(15)12(7-5-6-7)19-13(20-14)8-3-2-4-9(16)11(8)17/h2-4,7H,5-6H2,1H3,(H,18,19,20). The van der Waals surface area contributed by atoms with Crippen molar-refractivity contribution in [1.29, 1.82) is 0 Å². The van der Waals surface area contributed by atoms with Crippen LogP contribution in [0.15, 0.2) is 22.7 Å². The first kappa shape index (κ1) is 13.8. The third-order valence-corrected chi connectivity index (χ3v) is 4.34. The minimum absolute atomic E-state index is 0.0769. The molecule has 3 rings (SSSR count). The first-order valence-corrected chi connectivity index (χ1v) is 7.48. The Bertz CT molecular complexity index is 674. The van der Waals surface area contributed by atoms with Gasteiger partial charge in [-0.1, -0.05) is 17.7 Å². The zero-order valence-electron chi connectivity index (χ0n) is 10.8. The fraction of sp³-hybridized carbons (Fsp3) is 0.286. The fourth-order valence-electron chi connectivity index (χ4n) is 2.05. The molecule has 0 amide bonds. The van der Waals surface area contributed by atoms with E-state index in [1.807, 2.05) is 0 Å². The summed E-state index contributed by atoms with van der Waals surface area (Å²) in [4.78, 5) is 8.88. The third kappa shape index (κ3) is 2.40. The number of aromatic nitrogens is 2. The first-order chi connectivity index (χ1) is 9.61. The summed E-state index contributed by atoms with van der Waals surface area (Å²) in [6.07, 6.45) is 2.21. The lowest BCUT2D eigenvalue weighted by molar-refractivity contribution is 0.630. The third-order valence-electron chi connectivity index (χ3n) is 3.27. The molecule has 1 fully saturated rings. The average Bonchev–Trinajstić information content (AvgIpc) is 3.27. The van der Waals surface area contributed by atoms with Gasteiger partial charge in [0.2, 0.25) is 0 Å². The molecular formula is C14H12BrClFN3. The molecule has 1 aliphatic carbocycles. The number of nitrogens with one attached hydrogen (secondary N) is 1. The largest absolute Gasteiger partial charge is 0.372 e. The molecule has 104 valence electrons. The molecule has 0 aliphatic heterocycles. The summed E-state index contributed by atoms with van der Waals surface area (Å²) < 4.78 is 15.0. The molecule has 20 heavy (non-hydrogen) atoms. The van der Waals surface area contributed by atoms with Crippen LogP contribution in [0, 0.1) is 5.82 Å². The molecule has 3 nitrogen and oxygen atoms in total. The van der Waals surface area contributed by atoms with Gasteiger partial charge < -0.3 is 5.32 Å². The lowest BCUT2D eigenvalue weighted by Crippen LogP contribution is -2.03. The van der Waals surface area contributed by atoms with Crippen molar-refractivity contribution in [2.75, 3.05) is 12.4 Å². The van der Waals surface area contributed by atoms with E-state index in [1.54, 1.807) is 19.2 Å². The zero-order chi connectivity index (χ0) is 14.3. The molecule has 0 saturated heterocycles. The highest BCUT2D eigenvalue weighted by atomic mass is 79.9. The summed E-state index contributed by atoms with van der Waals surface area (Å²) in [7, 11) is 1.78. The van der Waals surface area contributed by atoms with Crippen LogP contribution < -0.4 is 5.32 Å². The van der Waals surface area contributed by atoms with Crippen LogP contribution in [-0.4, -0.2) is 17.0 Å². The molecule has 0 unspecified atom stereocenters. The molecule has 0 atom stereocenters. The Labute approximate surface area is 129 Å². The number of halogens is 3. The minimum atomic E-state index is -0.486. The highest BCUT2D eigenvalue weighted by molar-refractivity contribution is 9.10. The average molecular weight is 357 g/mol. The van der Waals surface area contributed by atoms with E-state index in [-0.39, 0.29) is 5.02 Å². The molecule has 0 bridgehead atoms. The Morgan fingerprint density at radius 1 is 1.35 bits per heavy atom. The topological polar surface area (TPSA) is 37.8 Å². The van der Waals surface area contributed by atoms with Gasteiger partial charge in [0, 0.05) is 13.0 Å². The SMILES string of the molecule is CNc1nc(-c2cccc(Cl)c2F)nc(C2CC2)c1Br. The van der Waals surface area contributed by atoms with Crippen molar-refractivity contribution in [2.24, 2.45) is 0 Å². The van der Waals surface area contributed by atoms with Gasteiger partial charge in [0.25, 0.3) is 0 Å². The molecule has 0 radical (unpaired) electrons. The Kier molecular flexibility index (Phi) is 3.65. The van der Waals surface area contributed by atoms with Gasteiger partial charge >= 0.3 is 0 Å². The summed E-state index contributed by atoms with van der Waals surface area (Å²) >= 11 is 9.34. The molecule has 1 saturated carbocycles. The normalized spacial score (nSPS) is 14.4. The van der Waals surface area contributed by atoms with E-state index >= 15 is 0 Å². The van der Waals surface area contributed by atoms with Crippen molar-refractivity contribution in [3.63, 3.8) is 0 Å². The fourth-order valence-corrected chi connectivity index (χ4v) is 2.93. The molecule has 2 aromatic rings. The van der Waals surface area contributed by atoms with Gasteiger partial charge in [-0.25, -0.2) is 14.4 Å². The van der Waals surface area contributed by atoms with Crippen LogP contribution in [0.3, 0.4) is 0 Å². The van der Waals surface area contributed by atoms with E-state index in [4.69, 9.17) is 11.6 Å². The van der Waals surface area contributed by atoms with E-state index in [0.717, 1.165) is 23.0 Å². The highest BCUT2D eigenvalue weighted by Gasteiger charge is 2.29. The molecule has 0 spiro atoms. The molecule has 6 heteroatoms. The van der Waals surface area contributed by atoms with Gasteiger partial charge in [-0.3, -0.25) is 0 Å². The van der Waals surface area contributed by atoms with Crippen LogP contribution in [-0.2, 0) is 0 Å². The number of nitrogens with zero attached hydrogens (tertiary/aromatic N) is 2. The van der Waals surface area contributed by atoms with Crippen molar-refractivity contribution >= 4 is 33.3 Å².